The Labute approximate surface area is 133 Å². The maximum absolute atomic E-state index is 11.8. The quantitative estimate of drug-likeness (QED) is 0.758. The van der Waals surface area contributed by atoms with Gasteiger partial charge in [-0.15, -0.1) is 0 Å². The third-order valence-corrected chi connectivity index (χ3v) is 3.35. The molecular formula is C16H19N5O2. The highest BCUT2D eigenvalue weighted by Gasteiger charge is 2.07. The molecule has 3 rings (SSSR count). The number of benzene rings is 1. The van der Waals surface area contributed by atoms with Crippen molar-refractivity contribution >= 4 is 22.8 Å². The molecule has 120 valence electrons. The molecule has 0 unspecified atom stereocenters. The number of aromatic nitrogens is 3. The van der Waals surface area contributed by atoms with Crippen LogP contribution in [-0.4, -0.2) is 27.3 Å². The second-order valence-corrected chi connectivity index (χ2v) is 5.51. The van der Waals surface area contributed by atoms with Crippen molar-refractivity contribution in [1.82, 2.24) is 20.1 Å². The highest BCUT2D eigenvalue weighted by atomic mass is 16.3. The molecule has 3 aromatic rings. The van der Waals surface area contributed by atoms with Gasteiger partial charge in [-0.05, 0) is 26.0 Å². The Bertz CT molecular complexity index is 773. The minimum Gasteiger partial charge on any atom is -0.441 e. The molecule has 0 fully saturated rings. The molecule has 2 amide bonds. The minimum absolute atomic E-state index is 0.257. The number of para-hydroxylation sites is 2. The van der Waals surface area contributed by atoms with Gasteiger partial charge in [-0.1, -0.05) is 12.1 Å². The molecule has 1 aromatic carbocycles. The predicted octanol–water partition coefficient (Wildman–Crippen LogP) is 2.97. The fourth-order valence-electron chi connectivity index (χ4n) is 2.17. The van der Waals surface area contributed by atoms with Gasteiger partial charge in [-0.3, -0.25) is 4.68 Å². The summed E-state index contributed by atoms with van der Waals surface area (Å²) in [5, 5.41) is 9.69. The van der Waals surface area contributed by atoms with E-state index in [1.807, 2.05) is 38.1 Å². The maximum Gasteiger partial charge on any atom is 0.319 e. The second kappa shape index (κ2) is 6.51. The summed E-state index contributed by atoms with van der Waals surface area (Å²) in [6.45, 7) is 4.49. The third-order valence-electron chi connectivity index (χ3n) is 3.35. The molecule has 7 nitrogen and oxygen atoms in total. The van der Waals surface area contributed by atoms with Crippen molar-refractivity contribution in [2.45, 2.75) is 26.3 Å². The second-order valence-electron chi connectivity index (χ2n) is 5.51. The monoisotopic (exact) mass is 313 g/mol. The number of hydrogen-bond donors (Lipinski definition) is 2. The zero-order valence-corrected chi connectivity index (χ0v) is 13.1. The normalized spacial score (nSPS) is 11.1. The van der Waals surface area contributed by atoms with Gasteiger partial charge in [0, 0.05) is 25.2 Å². The standard InChI is InChI=1S/C16H19N5O2/c1-11(2)21-10-12(9-18-21)19-16(22)17-8-7-15-20-13-5-3-4-6-14(13)23-15/h3-6,9-11H,7-8H2,1-2H3,(H2,17,19,22). The Kier molecular flexibility index (Phi) is 4.27. The van der Waals surface area contributed by atoms with Gasteiger partial charge in [0.15, 0.2) is 11.5 Å². The SMILES string of the molecule is CC(C)n1cc(NC(=O)NCCc2nc3ccccc3o2)cn1. The van der Waals surface area contributed by atoms with Crippen molar-refractivity contribution in [2.75, 3.05) is 11.9 Å². The van der Waals surface area contributed by atoms with Gasteiger partial charge >= 0.3 is 6.03 Å². The van der Waals surface area contributed by atoms with Gasteiger partial charge in [-0.25, -0.2) is 9.78 Å². The van der Waals surface area contributed by atoms with Crippen LogP contribution in [0, 0.1) is 0 Å². The van der Waals surface area contributed by atoms with Crippen molar-refractivity contribution in [3.05, 3.63) is 42.5 Å². The van der Waals surface area contributed by atoms with E-state index in [2.05, 4.69) is 20.7 Å². The maximum atomic E-state index is 11.8. The molecule has 0 saturated heterocycles. The van der Waals surface area contributed by atoms with Gasteiger partial charge in [0.05, 0.1) is 11.9 Å². The summed E-state index contributed by atoms with van der Waals surface area (Å²) < 4.78 is 7.39. The number of carbonyl (C=O) groups is 1. The minimum atomic E-state index is -0.274. The lowest BCUT2D eigenvalue weighted by atomic mass is 10.3. The van der Waals surface area contributed by atoms with Crippen LogP contribution < -0.4 is 10.6 Å². The summed E-state index contributed by atoms with van der Waals surface area (Å²) in [6.07, 6.45) is 3.96. The van der Waals surface area contributed by atoms with Crippen LogP contribution in [0.25, 0.3) is 11.1 Å². The number of oxazole rings is 1. The van der Waals surface area contributed by atoms with E-state index >= 15 is 0 Å². The van der Waals surface area contributed by atoms with Crippen molar-refractivity contribution < 1.29 is 9.21 Å². The van der Waals surface area contributed by atoms with Crippen molar-refractivity contribution in [3.63, 3.8) is 0 Å². The van der Waals surface area contributed by atoms with Crippen molar-refractivity contribution in [2.24, 2.45) is 0 Å². The van der Waals surface area contributed by atoms with E-state index < -0.39 is 0 Å². The lowest BCUT2D eigenvalue weighted by molar-refractivity contribution is 0.252. The molecule has 2 aromatic heterocycles. The van der Waals surface area contributed by atoms with Crippen LogP contribution in [0.2, 0.25) is 0 Å². The fraction of sp³-hybridized carbons (Fsp3) is 0.312. The highest BCUT2D eigenvalue weighted by Crippen LogP contribution is 2.14. The lowest BCUT2D eigenvalue weighted by Gasteiger charge is -2.05. The van der Waals surface area contributed by atoms with E-state index in [1.165, 1.54) is 0 Å². The predicted molar refractivity (Wildman–Crippen MR) is 87.3 cm³/mol. The zero-order valence-electron chi connectivity index (χ0n) is 13.1. The first-order chi connectivity index (χ1) is 11.1. The molecular weight excluding hydrogens is 294 g/mol. The Balaban J connectivity index is 1.48. The fourth-order valence-corrected chi connectivity index (χ4v) is 2.17. The molecule has 0 bridgehead atoms. The van der Waals surface area contributed by atoms with Crippen molar-refractivity contribution in [1.29, 1.82) is 0 Å². The average Bonchev–Trinajstić information content (AvgIpc) is 3.13. The van der Waals surface area contributed by atoms with Gasteiger partial charge < -0.3 is 15.1 Å². The van der Waals surface area contributed by atoms with E-state index in [1.54, 1.807) is 17.1 Å². The number of urea groups is 1. The summed E-state index contributed by atoms with van der Waals surface area (Å²) >= 11 is 0. The number of carbonyl (C=O) groups excluding carboxylic acids is 1. The Morgan fingerprint density at radius 1 is 1.35 bits per heavy atom. The summed E-state index contributed by atoms with van der Waals surface area (Å²) in [5.74, 6) is 0.610. The largest absolute Gasteiger partial charge is 0.441 e. The van der Waals surface area contributed by atoms with Gasteiger partial charge in [0.1, 0.15) is 5.52 Å². The number of fused-ring (bicyclic) bond motifs is 1. The molecule has 23 heavy (non-hydrogen) atoms. The molecule has 0 aliphatic heterocycles. The van der Waals surface area contributed by atoms with E-state index in [-0.39, 0.29) is 12.1 Å². The van der Waals surface area contributed by atoms with E-state index in [9.17, 15) is 4.79 Å². The van der Waals surface area contributed by atoms with E-state index in [0.717, 1.165) is 11.1 Å². The molecule has 0 aliphatic rings. The molecule has 2 heterocycles. The Morgan fingerprint density at radius 2 is 2.17 bits per heavy atom. The molecule has 2 N–H and O–H groups in total. The van der Waals surface area contributed by atoms with Gasteiger partial charge in [-0.2, -0.15) is 5.10 Å². The molecule has 0 radical (unpaired) electrons. The van der Waals surface area contributed by atoms with Crippen LogP contribution in [0.4, 0.5) is 10.5 Å². The van der Waals surface area contributed by atoms with Gasteiger partial charge in [0.25, 0.3) is 0 Å². The topological polar surface area (TPSA) is 85.0 Å². The van der Waals surface area contributed by atoms with Crippen LogP contribution in [0.3, 0.4) is 0 Å². The van der Waals surface area contributed by atoms with Crippen LogP contribution in [-0.2, 0) is 6.42 Å². The highest BCUT2D eigenvalue weighted by molar-refractivity contribution is 5.88. The number of anilines is 1. The molecule has 0 aliphatic carbocycles. The Morgan fingerprint density at radius 3 is 2.91 bits per heavy atom. The first-order valence-corrected chi connectivity index (χ1v) is 7.55. The number of hydrogen-bond acceptors (Lipinski definition) is 4. The first-order valence-electron chi connectivity index (χ1n) is 7.55. The smallest absolute Gasteiger partial charge is 0.319 e. The number of rotatable bonds is 5. The lowest BCUT2D eigenvalue weighted by Crippen LogP contribution is -2.30. The summed E-state index contributed by atoms with van der Waals surface area (Å²) in [4.78, 5) is 16.2. The number of nitrogens with one attached hydrogen (secondary N) is 2. The van der Waals surface area contributed by atoms with Crippen LogP contribution in [0.15, 0.2) is 41.1 Å². The molecule has 7 heteroatoms. The van der Waals surface area contributed by atoms with Crippen LogP contribution in [0.1, 0.15) is 25.8 Å². The summed E-state index contributed by atoms with van der Waals surface area (Å²) in [6, 6.07) is 7.57. The first kappa shape index (κ1) is 15.1. The van der Waals surface area contributed by atoms with E-state index in [0.29, 0.717) is 24.5 Å². The summed E-state index contributed by atoms with van der Waals surface area (Å²) in [5.41, 5.74) is 2.25. The average molecular weight is 313 g/mol. The van der Waals surface area contributed by atoms with Crippen molar-refractivity contribution in [3.8, 4) is 0 Å². The number of nitrogens with zero attached hydrogens (tertiary/aromatic N) is 3. The molecule has 0 atom stereocenters. The molecule has 0 saturated carbocycles. The summed E-state index contributed by atoms with van der Waals surface area (Å²) in [7, 11) is 0. The molecule has 0 spiro atoms. The van der Waals surface area contributed by atoms with Crippen LogP contribution >= 0.6 is 0 Å². The van der Waals surface area contributed by atoms with E-state index in [4.69, 9.17) is 4.42 Å². The number of amides is 2. The zero-order chi connectivity index (χ0) is 16.2. The van der Waals surface area contributed by atoms with Crippen LogP contribution in [0.5, 0.6) is 0 Å². The third kappa shape index (κ3) is 3.68. The van der Waals surface area contributed by atoms with Gasteiger partial charge in [0.2, 0.25) is 0 Å². The Hall–Kier alpha value is -2.83.